The highest BCUT2D eigenvalue weighted by molar-refractivity contribution is 6.17. The zero-order chi connectivity index (χ0) is 11.9. The quantitative estimate of drug-likeness (QED) is 0.764. The van der Waals surface area contributed by atoms with E-state index in [0.717, 1.165) is 23.4 Å². The summed E-state index contributed by atoms with van der Waals surface area (Å²) in [5.41, 5.74) is 1.98. The highest BCUT2D eigenvalue weighted by Gasteiger charge is 2.02. The maximum Gasteiger partial charge on any atom is 0.141 e. The molecule has 2 aromatic heterocycles. The van der Waals surface area contributed by atoms with Gasteiger partial charge in [-0.05, 0) is 18.2 Å². The van der Waals surface area contributed by atoms with Crippen molar-refractivity contribution in [1.29, 1.82) is 0 Å². The Morgan fingerprint density at radius 3 is 2.88 bits per heavy atom. The van der Waals surface area contributed by atoms with E-state index in [2.05, 4.69) is 9.97 Å². The van der Waals surface area contributed by atoms with Gasteiger partial charge in [0.15, 0.2) is 0 Å². The first kappa shape index (κ1) is 11.9. The van der Waals surface area contributed by atoms with Crippen molar-refractivity contribution < 1.29 is 4.74 Å². The smallest absolute Gasteiger partial charge is 0.141 e. The van der Waals surface area contributed by atoms with Gasteiger partial charge in [-0.2, -0.15) is 0 Å². The minimum atomic E-state index is 0.432. The van der Waals surface area contributed by atoms with Gasteiger partial charge in [-0.15, -0.1) is 11.6 Å². The lowest BCUT2D eigenvalue weighted by molar-refractivity contribution is 0.317. The molecule has 0 radical (unpaired) electrons. The van der Waals surface area contributed by atoms with Crippen molar-refractivity contribution in [3.8, 4) is 5.75 Å². The van der Waals surface area contributed by atoms with E-state index in [1.807, 2.05) is 24.3 Å². The van der Waals surface area contributed by atoms with Crippen molar-refractivity contribution in [2.24, 2.45) is 0 Å². The summed E-state index contributed by atoms with van der Waals surface area (Å²) in [4.78, 5) is 8.25. The molecule has 0 atom stereocenters. The van der Waals surface area contributed by atoms with E-state index in [9.17, 15) is 0 Å². The third-order valence-electron chi connectivity index (χ3n) is 2.36. The number of aromatic nitrogens is 2. The zero-order valence-electron chi connectivity index (χ0n) is 9.34. The van der Waals surface area contributed by atoms with Crippen LogP contribution in [-0.4, -0.2) is 16.6 Å². The summed E-state index contributed by atoms with van der Waals surface area (Å²) < 4.78 is 5.65. The Labute approximate surface area is 105 Å². The fourth-order valence-corrected chi connectivity index (χ4v) is 1.68. The molecule has 0 saturated carbocycles. The van der Waals surface area contributed by atoms with Gasteiger partial charge in [-0.3, -0.25) is 9.97 Å². The average molecular weight is 249 g/mol. The standard InChI is InChI=1S/C13H13ClN2O/c14-9-11-4-7-15-10-13(11)17-8-5-12-3-1-2-6-16-12/h1-4,6-7,10H,5,8-9H2. The van der Waals surface area contributed by atoms with Crippen LogP contribution in [-0.2, 0) is 12.3 Å². The molecule has 3 nitrogen and oxygen atoms in total. The summed E-state index contributed by atoms with van der Waals surface area (Å²) in [6, 6.07) is 7.71. The first-order chi connectivity index (χ1) is 8.40. The Balaban J connectivity index is 1.90. The first-order valence-electron chi connectivity index (χ1n) is 5.41. The molecule has 0 saturated heterocycles. The van der Waals surface area contributed by atoms with E-state index in [0.29, 0.717) is 12.5 Å². The monoisotopic (exact) mass is 248 g/mol. The normalized spacial score (nSPS) is 10.2. The van der Waals surface area contributed by atoms with Gasteiger partial charge in [0.2, 0.25) is 0 Å². The molecule has 0 aliphatic heterocycles. The molecule has 0 aromatic carbocycles. The van der Waals surface area contributed by atoms with Crippen molar-refractivity contribution in [2.45, 2.75) is 12.3 Å². The van der Waals surface area contributed by atoms with E-state index in [1.165, 1.54) is 0 Å². The predicted molar refractivity (Wildman–Crippen MR) is 67.2 cm³/mol. The van der Waals surface area contributed by atoms with Gasteiger partial charge in [0, 0.05) is 30.1 Å². The van der Waals surface area contributed by atoms with Gasteiger partial charge in [0.1, 0.15) is 5.75 Å². The molecule has 0 bridgehead atoms. The lowest BCUT2D eigenvalue weighted by Gasteiger charge is -2.08. The number of halogens is 1. The van der Waals surface area contributed by atoms with Crippen LogP contribution in [0.4, 0.5) is 0 Å². The molecule has 0 fully saturated rings. The second-order valence-electron chi connectivity index (χ2n) is 3.54. The third-order valence-corrected chi connectivity index (χ3v) is 2.64. The molecular formula is C13H13ClN2O. The number of hydrogen-bond donors (Lipinski definition) is 0. The summed E-state index contributed by atoms with van der Waals surface area (Å²) in [6.07, 6.45) is 5.96. The van der Waals surface area contributed by atoms with Crippen LogP contribution >= 0.6 is 11.6 Å². The molecule has 17 heavy (non-hydrogen) atoms. The van der Waals surface area contributed by atoms with E-state index in [4.69, 9.17) is 16.3 Å². The van der Waals surface area contributed by atoms with Crippen molar-refractivity contribution in [2.75, 3.05) is 6.61 Å². The van der Waals surface area contributed by atoms with E-state index in [-0.39, 0.29) is 0 Å². The topological polar surface area (TPSA) is 35.0 Å². The largest absolute Gasteiger partial charge is 0.491 e. The Morgan fingerprint density at radius 2 is 2.12 bits per heavy atom. The Bertz CT molecular complexity index is 462. The molecular weight excluding hydrogens is 236 g/mol. The van der Waals surface area contributed by atoms with Crippen molar-refractivity contribution in [3.05, 3.63) is 54.1 Å². The number of pyridine rings is 2. The zero-order valence-corrected chi connectivity index (χ0v) is 10.1. The molecule has 88 valence electrons. The van der Waals surface area contributed by atoms with E-state index in [1.54, 1.807) is 18.6 Å². The van der Waals surface area contributed by atoms with Crippen LogP contribution in [0.1, 0.15) is 11.3 Å². The Kier molecular flexibility index (Phi) is 4.33. The number of alkyl halides is 1. The summed E-state index contributed by atoms with van der Waals surface area (Å²) in [6.45, 7) is 0.576. The fraction of sp³-hybridized carbons (Fsp3) is 0.231. The summed E-state index contributed by atoms with van der Waals surface area (Å²) >= 11 is 5.81. The van der Waals surface area contributed by atoms with Crippen molar-refractivity contribution in [1.82, 2.24) is 9.97 Å². The summed E-state index contributed by atoms with van der Waals surface area (Å²) in [7, 11) is 0. The van der Waals surface area contributed by atoms with Crippen LogP contribution in [0.2, 0.25) is 0 Å². The minimum absolute atomic E-state index is 0.432. The van der Waals surface area contributed by atoms with E-state index < -0.39 is 0 Å². The van der Waals surface area contributed by atoms with Crippen LogP contribution in [0.15, 0.2) is 42.9 Å². The first-order valence-corrected chi connectivity index (χ1v) is 5.95. The molecule has 2 rings (SSSR count). The average Bonchev–Trinajstić information content (AvgIpc) is 2.40. The molecule has 2 heterocycles. The maximum absolute atomic E-state index is 5.81. The minimum Gasteiger partial charge on any atom is -0.491 e. The van der Waals surface area contributed by atoms with Gasteiger partial charge >= 0.3 is 0 Å². The maximum atomic E-state index is 5.81. The number of nitrogens with zero attached hydrogens (tertiary/aromatic N) is 2. The van der Waals surface area contributed by atoms with Crippen LogP contribution < -0.4 is 4.74 Å². The van der Waals surface area contributed by atoms with Gasteiger partial charge in [0.25, 0.3) is 0 Å². The summed E-state index contributed by atoms with van der Waals surface area (Å²) in [5, 5.41) is 0. The summed E-state index contributed by atoms with van der Waals surface area (Å²) in [5.74, 6) is 1.18. The van der Waals surface area contributed by atoms with Crippen molar-refractivity contribution >= 4 is 11.6 Å². The van der Waals surface area contributed by atoms with Crippen LogP contribution in [0.5, 0.6) is 5.75 Å². The Morgan fingerprint density at radius 1 is 1.18 bits per heavy atom. The lowest BCUT2D eigenvalue weighted by Crippen LogP contribution is -2.04. The number of ether oxygens (including phenoxy) is 1. The van der Waals surface area contributed by atoms with Crippen LogP contribution in [0.25, 0.3) is 0 Å². The second-order valence-corrected chi connectivity index (χ2v) is 3.80. The van der Waals surface area contributed by atoms with Crippen LogP contribution in [0, 0.1) is 0 Å². The van der Waals surface area contributed by atoms with Gasteiger partial charge < -0.3 is 4.74 Å². The molecule has 0 spiro atoms. The predicted octanol–water partition coefficient (Wildman–Crippen LogP) is 2.84. The Hall–Kier alpha value is -1.61. The van der Waals surface area contributed by atoms with E-state index >= 15 is 0 Å². The van der Waals surface area contributed by atoms with Crippen LogP contribution in [0.3, 0.4) is 0 Å². The third kappa shape index (κ3) is 3.43. The molecule has 0 N–H and O–H groups in total. The SMILES string of the molecule is ClCc1ccncc1OCCc1ccccn1. The number of rotatable bonds is 5. The number of hydrogen-bond acceptors (Lipinski definition) is 3. The highest BCUT2D eigenvalue weighted by Crippen LogP contribution is 2.18. The molecule has 0 aliphatic carbocycles. The molecule has 0 unspecified atom stereocenters. The van der Waals surface area contributed by atoms with Gasteiger partial charge in [-0.25, -0.2) is 0 Å². The van der Waals surface area contributed by atoms with Crippen molar-refractivity contribution in [3.63, 3.8) is 0 Å². The lowest BCUT2D eigenvalue weighted by atomic mass is 10.2. The van der Waals surface area contributed by atoms with Gasteiger partial charge in [0.05, 0.1) is 18.7 Å². The van der Waals surface area contributed by atoms with Gasteiger partial charge in [-0.1, -0.05) is 6.07 Å². The molecule has 4 heteroatoms. The second kappa shape index (κ2) is 6.21. The molecule has 2 aromatic rings. The fourth-order valence-electron chi connectivity index (χ4n) is 1.46. The molecule has 0 amide bonds. The highest BCUT2D eigenvalue weighted by atomic mass is 35.5. The molecule has 0 aliphatic rings.